The summed E-state index contributed by atoms with van der Waals surface area (Å²) >= 11 is 0.0163. The number of fused-ring (bicyclic) bond motifs is 21. The zero-order valence-corrected chi connectivity index (χ0v) is 27.6. The molecule has 1 aromatic heterocycles. The van der Waals surface area contributed by atoms with Crippen molar-refractivity contribution in [1.82, 2.24) is 0 Å². The van der Waals surface area contributed by atoms with Crippen LogP contribution in [0.4, 0.5) is 45.5 Å². The van der Waals surface area contributed by atoms with Crippen molar-refractivity contribution in [2.75, 3.05) is 19.2 Å². The quantitative estimate of drug-likeness (QED) is 0.149. The van der Waals surface area contributed by atoms with Crippen LogP contribution in [-0.4, -0.2) is 28.5 Å². The molecule has 0 amide bonds. The molecule has 6 aromatic carbocycles. The summed E-state index contributed by atoms with van der Waals surface area (Å²) in [5, 5.41) is 0. The van der Waals surface area contributed by atoms with E-state index in [-0.39, 0.29) is 28.5 Å². The van der Waals surface area contributed by atoms with Gasteiger partial charge in [-0.25, -0.2) is 0 Å². The van der Waals surface area contributed by atoms with E-state index in [1.54, 1.807) is 0 Å². The fourth-order valence-corrected chi connectivity index (χ4v) is 12.3. The molecule has 7 heterocycles. The average molecular weight is 691 g/mol. The Labute approximate surface area is 288 Å². The van der Waals surface area contributed by atoms with Crippen molar-refractivity contribution in [2.45, 2.75) is 0 Å². The third-order valence-corrected chi connectivity index (χ3v) is 13.6. The molecule has 0 spiro atoms. The first kappa shape index (κ1) is 25.3. The average Bonchev–Trinajstić information content (AvgIpc) is 3.83. The Kier molecular flexibility index (Phi) is 4.46. The van der Waals surface area contributed by atoms with Crippen molar-refractivity contribution < 1.29 is 9.47 Å². The summed E-state index contributed by atoms with van der Waals surface area (Å²) < 4.78 is 16.1. The molecule has 9 heteroatoms. The fourth-order valence-electron chi connectivity index (χ4n) is 9.17. The summed E-state index contributed by atoms with van der Waals surface area (Å²) in [5.74, 6) is 3.62. The molecular formula is C40H22B2N4O2Se. The van der Waals surface area contributed by atoms with E-state index in [4.69, 9.17) is 9.47 Å². The first-order valence-corrected chi connectivity index (χ1v) is 18.4. The topological polar surface area (TPSA) is 31.4 Å². The van der Waals surface area contributed by atoms with Crippen molar-refractivity contribution in [2.24, 2.45) is 0 Å². The van der Waals surface area contributed by atoms with Crippen molar-refractivity contribution in [3.8, 4) is 45.3 Å². The van der Waals surface area contributed by atoms with E-state index in [9.17, 15) is 0 Å². The van der Waals surface area contributed by atoms with Gasteiger partial charge in [0.2, 0.25) is 0 Å². The van der Waals surface area contributed by atoms with Crippen molar-refractivity contribution in [1.29, 1.82) is 0 Å². The van der Waals surface area contributed by atoms with Crippen LogP contribution in [0.25, 0.3) is 22.3 Å². The normalized spacial score (nSPS) is 15.4. The number of benzene rings is 6. The van der Waals surface area contributed by atoms with E-state index in [0.717, 1.165) is 45.7 Å². The maximum atomic E-state index is 6.57. The van der Waals surface area contributed by atoms with Gasteiger partial charge in [0.05, 0.1) is 0 Å². The molecule has 0 radical (unpaired) electrons. The number of para-hydroxylation sites is 8. The minimum atomic E-state index is -0.00590. The molecule has 0 atom stereocenters. The fraction of sp³-hybridized carbons (Fsp3) is 0. The van der Waals surface area contributed by atoms with Gasteiger partial charge in [-0.2, -0.15) is 0 Å². The van der Waals surface area contributed by atoms with E-state index in [2.05, 4.69) is 153 Å². The molecule has 49 heavy (non-hydrogen) atoms. The van der Waals surface area contributed by atoms with Crippen molar-refractivity contribution >= 4 is 82.6 Å². The summed E-state index contributed by atoms with van der Waals surface area (Å²) in [5.41, 5.74) is 14.8. The van der Waals surface area contributed by atoms with Gasteiger partial charge < -0.3 is 0 Å². The molecule has 13 rings (SSSR count). The van der Waals surface area contributed by atoms with Crippen molar-refractivity contribution in [3.05, 3.63) is 133 Å². The molecule has 6 nitrogen and oxygen atoms in total. The molecule has 0 aliphatic carbocycles. The molecular weight excluding hydrogens is 669 g/mol. The molecule has 6 aliphatic rings. The van der Waals surface area contributed by atoms with Crippen LogP contribution >= 0.6 is 0 Å². The number of ether oxygens (including phenoxy) is 2. The van der Waals surface area contributed by atoms with Crippen LogP contribution < -0.4 is 37.4 Å². The van der Waals surface area contributed by atoms with Crippen LogP contribution in [0.5, 0.6) is 23.0 Å². The van der Waals surface area contributed by atoms with Gasteiger partial charge in [-0.15, -0.1) is 0 Å². The van der Waals surface area contributed by atoms with Crippen LogP contribution in [0.15, 0.2) is 133 Å². The van der Waals surface area contributed by atoms with Gasteiger partial charge >= 0.3 is 290 Å². The predicted octanol–water partition coefficient (Wildman–Crippen LogP) is 8.29. The molecule has 0 N–H and O–H groups in total. The van der Waals surface area contributed by atoms with E-state index in [1.807, 2.05) is 0 Å². The maximum absolute atomic E-state index is 6.57. The Morgan fingerprint density at radius 3 is 1.24 bits per heavy atom. The standard InChI is InChI=1S/C40H22B2N4O2Se/c1-3-13-25-23(11-1)35-36-24-12-2-4-14-26(24)44-30-18-10-22-34-38(30)46(28-16-6-8-20-32(28)48-34)42(44)40(36)49-39(35)41-43(25)29-17-9-21-33-37(29)45(41)27-15-5-7-19-31(27)47-33/h1-22H. The molecule has 0 saturated heterocycles. The Morgan fingerprint density at radius 1 is 0.367 bits per heavy atom. The van der Waals surface area contributed by atoms with Gasteiger partial charge in [0.1, 0.15) is 0 Å². The molecule has 226 valence electrons. The van der Waals surface area contributed by atoms with E-state index in [0.29, 0.717) is 0 Å². The minimum absolute atomic E-state index is 0.00590. The zero-order valence-electron chi connectivity index (χ0n) is 25.9. The first-order valence-electron chi connectivity index (χ1n) is 16.7. The van der Waals surface area contributed by atoms with Crippen LogP contribution in [0.1, 0.15) is 0 Å². The number of hydrogen-bond acceptors (Lipinski definition) is 6. The van der Waals surface area contributed by atoms with E-state index < -0.39 is 0 Å². The second kappa shape index (κ2) is 8.63. The molecule has 6 aliphatic heterocycles. The third kappa shape index (κ3) is 2.88. The molecule has 0 unspecified atom stereocenters. The Bertz CT molecular complexity index is 2480. The second-order valence-electron chi connectivity index (χ2n) is 13.2. The van der Waals surface area contributed by atoms with Crippen LogP contribution in [0, 0.1) is 0 Å². The Hall–Kier alpha value is -5.75. The second-order valence-corrected chi connectivity index (χ2v) is 15.5. The Balaban J connectivity index is 1.15. The van der Waals surface area contributed by atoms with Crippen LogP contribution in [-0.2, 0) is 0 Å². The summed E-state index contributed by atoms with van der Waals surface area (Å²) in [6, 6.07) is 48.1. The molecule has 0 fully saturated rings. The number of anilines is 8. The summed E-state index contributed by atoms with van der Waals surface area (Å²) in [4.78, 5) is 10.3. The van der Waals surface area contributed by atoms with Crippen LogP contribution in [0.2, 0.25) is 0 Å². The molecule has 0 bridgehead atoms. The van der Waals surface area contributed by atoms with Gasteiger partial charge in [0.15, 0.2) is 0 Å². The third-order valence-electron chi connectivity index (χ3n) is 10.9. The summed E-state index contributed by atoms with van der Waals surface area (Å²) in [6.45, 7) is -0.0118. The Morgan fingerprint density at radius 2 is 0.755 bits per heavy atom. The predicted molar refractivity (Wildman–Crippen MR) is 200 cm³/mol. The van der Waals surface area contributed by atoms with Gasteiger partial charge in [-0.1, -0.05) is 0 Å². The monoisotopic (exact) mass is 692 g/mol. The SMILES string of the molecule is c1ccc2c(c1)Oc1cccc3c1N2B1c2[se]c4c(c2-c2ccccc2N13)-c1ccccc1N1B4N2c3ccccc3Oc3cccc1c32. The molecule has 0 saturated carbocycles. The zero-order chi connectivity index (χ0) is 31.5. The summed E-state index contributed by atoms with van der Waals surface area (Å²) in [7, 11) is 0. The van der Waals surface area contributed by atoms with Gasteiger partial charge in [-0.3, -0.25) is 0 Å². The van der Waals surface area contributed by atoms with Crippen molar-refractivity contribution in [3.63, 3.8) is 0 Å². The van der Waals surface area contributed by atoms with E-state index >= 15 is 0 Å². The number of rotatable bonds is 0. The van der Waals surface area contributed by atoms with Gasteiger partial charge in [0.25, 0.3) is 0 Å². The first-order chi connectivity index (χ1) is 24.3. The van der Waals surface area contributed by atoms with Gasteiger partial charge in [0, 0.05) is 0 Å². The number of nitrogens with zero attached hydrogens (tertiary/aromatic N) is 4. The summed E-state index contributed by atoms with van der Waals surface area (Å²) in [6.07, 6.45) is 0. The molecule has 7 aromatic rings. The van der Waals surface area contributed by atoms with E-state index in [1.165, 1.54) is 53.7 Å². The number of hydrogen-bond donors (Lipinski definition) is 0. The van der Waals surface area contributed by atoms with Gasteiger partial charge in [-0.05, 0) is 0 Å². The van der Waals surface area contributed by atoms with Crippen LogP contribution in [0.3, 0.4) is 0 Å².